The summed E-state index contributed by atoms with van der Waals surface area (Å²) in [4.78, 5) is 18.4. The summed E-state index contributed by atoms with van der Waals surface area (Å²) in [6, 6.07) is 13.4. The molecule has 0 spiro atoms. The number of rotatable bonds is 6. The van der Waals surface area contributed by atoms with E-state index in [2.05, 4.69) is 10.3 Å². The third-order valence-electron chi connectivity index (χ3n) is 3.36. The van der Waals surface area contributed by atoms with Crippen molar-refractivity contribution in [2.24, 2.45) is 0 Å². The van der Waals surface area contributed by atoms with Crippen LogP contribution in [-0.2, 0) is 6.54 Å². The Morgan fingerprint density at radius 2 is 1.95 bits per heavy atom. The van der Waals surface area contributed by atoms with E-state index in [0.717, 1.165) is 24.5 Å². The van der Waals surface area contributed by atoms with Gasteiger partial charge in [-0.1, -0.05) is 12.1 Å². The van der Waals surface area contributed by atoms with Crippen LogP contribution in [0.15, 0.2) is 48.7 Å². The lowest BCUT2D eigenvalue weighted by Crippen LogP contribution is -2.30. The van der Waals surface area contributed by atoms with Gasteiger partial charge in [-0.15, -0.1) is 0 Å². The summed E-state index contributed by atoms with van der Waals surface area (Å²) < 4.78 is 0. The molecule has 0 aliphatic rings. The van der Waals surface area contributed by atoms with E-state index in [4.69, 9.17) is 0 Å². The number of carbonyl (C=O) groups is 1. The molecule has 4 heteroatoms. The molecule has 1 aromatic carbocycles. The molecule has 1 heterocycles. The van der Waals surface area contributed by atoms with E-state index in [0.29, 0.717) is 12.1 Å². The normalized spacial score (nSPS) is 10.2. The van der Waals surface area contributed by atoms with Crippen LogP contribution in [0.3, 0.4) is 0 Å². The second-order valence-corrected chi connectivity index (χ2v) is 4.73. The van der Waals surface area contributed by atoms with Gasteiger partial charge in [-0.05, 0) is 44.2 Å². The Kier molecular flexibility index (Phi) is 5.32. The highest BCUT2D eigenvalue weighted by atomic mass is 16.2. The van der Waals surface area contributed by atoms with Gasteiger partial charge in [0.15, 0.2) is 0 Å². The van der Waals surface area contributed by atoms with Crippen LogP contribution in [0.4, 0.5) is 5.69 Å². The highest BCUT2D eigenvalue weighted by Gasteiger charge is 2.12. The Hall–Kier alpha value is -2.36. The van der Waals surface area contributed by atoms with Gasteiger partial charge >= 0.3 is 0 Å². The summed E-state index contributed by atoms with van der Waals surface area (Å²) in [5.41, 5.74) is 2.61. The third-order valence-corrected chi connectivity index (χ3v) is 3.36. The Morgan fingerprint density at radius 1 is 1.14 bits per heavy atom. The molecule has 0 unspecified atom stereocenters. The first-order chi connectivity index (χ1) is 10.2. The topological polar surface area (TPSA) is 45.2 Å². The quantitative estimate of drug-likeness (QED) is 0.885. The van der Waals surface area contributed by atoms with E-state index in [1.165, 1.54) is 0 Å². The van der Waals surface area contributed by atoms with Crippen molar-refractivity contribution in [3.05, 3.63) is 59.9 Å². The number of hydrogen-bond donors (Lipinski definition) is 1. The van der Waals surface area contributed by atoms with Crippen molar-refractivity contribution in [1.29, 1.82) is 0 Å². The van der Waals surface area contributed by atoms with Crippen LogP contribution in [0, 0.1) is 0 Å². The highest BCUT2D eigenvalue weighted by molar-refractivity contribution is 5.95. The second kappa shape index (κ2) is 7.43. The number of aromatic nitrogens is 1. The fourth-order valence-corrected chi connectivity index (χ4v) is 2.15. The van der Waals surface area contributed by atoms with E-state index in [-0.39, 0.29) is 5.91 Å². The molecule has 21 heavy (non-hydrogen) atoms. The molecule has 0 radical (unpaired) electrons. The number of nitrogens with zero attached hydrogens (tertiary/aromatic N) is 2. The lowest BCUT2D eigenvalue weighted by Gasteiger charge is -2.19. The van der Waals surface area contributed by atoms with Crippen molar-refractivity contribution >= 4 is 11.6 Å². The maximum atomic E-state index is 12.3. The summed E-state index contributed by atoms with van der Waals surface area (Å²) in [5, 5.41) is 3.30. The fourth-order valence-electron chi connectivity index (χ4n) is 2.15. The number of pyridine rings is 1. The van der Waals surface area contributed by atoms with E-state index >= 15 is 0 Å². The lowest BCUT2D eigenvalue weighted by molar-refractivity contribution is 0.0773. The number of carbonyl (C=O) groups excluding carboxylic acids is 1. The predicted molar refractivity (Wildman–Crippen MR) is 85.3 cm³/mol. The first-order valence-electron chi connectivity index (χ1n) is 7.27. The SMILES string of the molecule is CCN(CC)C(=O)c1cccc(NCc2ccccn2)c1. The average Bonchev–Trinajstić information content (AvgIpc) is 2.55. The molecular formula is C17H21N3O. The van der Waals surface area contributed by atoms with Crippen LogP contribution in [0.1, 0.15) is 29.9 Å². The molecule has 110 valence electrons. The first kappa shape index (κ1) is 15.0. The summed E-state index contributed by atoms with van der Waals surface area (Å²) in [6.45, 7) is 6.07. The van der Waals surface area contributed by atoms with Crippen LogP contribution >= 0.6 is 0 Å². The number of benzene rings is 1. The Bertz CT molecular complexity index is 580. The third kappa shape index (κ3) is 4.05. The van der Waals surface area contributed by atoms with Crippen LogP contribution in [0.2, 0.25) is 0 Å². The zero-order chi connectivity index (χ0) is 15.1. The molecule has 0 saturated carbocycles. The van der Waals surface area contributed by atoms with Crippen molar-refractivity contribution in [3.63, 3.8) is 0 Å². The van der Waals surface area contributed by atoms with Crippen LogP contribution in [0.25, 0.3) is 0 Å². The molecule has 0 atom stereocenters. The van der Waals surface area contributed by atoms with Gasteiger partial charge in [-0.25, -0.2) is 0 Å². The van der Waals surface area contributed by atoms with Gasteiger partial charge in [0.05, 0.1) is 12.2 Å². The zero-order valence-corrected chi connectivity index (χ0v) is 12.5. The van der Waals surface area contributed by atoms with Crippen LogP contribution in [0.5, 0.6) is 0 Å². The Labute approximate surface area is 125 Å². The molecule has 0 aliphatic carbocycles. The number of amides is 1. The number of hydrogen-bond acceptors (Lipinski definition) is 3. The Morgan fingerprint density at radius 3 is 2.62 bits per heavy atom. The van der Waals surface area contributed by atoms with Crippen molar-refractivity contribution in [1.82, 2.24) is 9.88 Å². The molecule has 1 N–H and O–H groups in total. The van der Waals surface area contributed by atoms with Crippen LogP contribution in [-0.4, -0.2) is 28.9 Å². The highest BCUT2D eigenvalue weighted by Crippen LogP contribution is 2.13. The summed E-state index contributed by atoms with van der Waals surface area (Å²) >= 11 is 0. The van der Waals surface area contributed by atoms with Crippen LogP contribution < -0.4 is 5.32 Å². The molecule has 2 rings (SSSR count). The van der Waals surface area contributed by atoms with Gasteiger partial charge in [0.2, 0.25) is 0 Å². The van der Waals surface area contributed by atoms with Gasteiger partial charge in [0, 0.05) is 30.5 Å². The molecule has 1 amide bonds. The number of nitrogens with one attached hydrogen (secondary N) is 1. The van der Waals surface area contributed by atoms with Gasteiger partial charge in [-0.2, -0.15) is 0 Å². The molecule has 0 aliphatic heterocycles. The second-order valence-electron chi connectivity index (χ2n) is 4.73. The van der Waals surface area contributed by atoms with E-state index in [1.807, 2.05) is 61.2 Å². The summed E-state index contributed by atoms with van der Waals surface area (Å²) in [7, 11) is 0. The maximum Gasteiger partial charge on any atom is 0.253 e. The van der Waals surface area contributed by atoms with E-state index < -0.39 is 0 Å². The summed E-state index contributed by atoms with van der Waals surface area (Å²) in [6.07, 6.45) is 1.78. The predicted octanol–water partition coefficient (Wildman–Crippen LogP) is 3.18. The molecule has 2 aromatic rings. The molecule has 1 aromatic heterocycles. The first-order valence-corrected chi connectivity index (χ1v) is 7.27. The maximum absolute atomic E-state index is 12.3. The van der Waals surface area contributed by atoms with Gasteiger partial charge in [0.25, 0.3) is 5.91 Å². The van der Waals surface area contributed by atoms with Crippen molar-refractivity contribution < 1.29 is 4.79 Å². The number of anilines is 1. The van der Waals surface area contributed by atoms with Crippen molar-refractivity contribution in [2.45, 2.75) is 20.4 Å². The monoisotopic (exact) mass is 283 g/mol. The Balaban J connectivity index is 2.05. The van der Waals surface area contributed by atoms with Gasteiger partial charge in [-0.3, -0.25) is 9.78 Å². The van der Waals surface area contributed by atoms with Crippen molar-refractivity contribution in [2.75, 3.05) is 18.4 Å². The van der Waals surface area contributed by atoms with Crippen molar-refractivity contribution in [3.8, 4) is 0 Å². The standard InChI is InChI=1S/C17H21N3O/c1-3-20(4-2)17(21)14-8-7-10-15(12-14)19-13-16-9-5-6-11-18-16/h5-12,19H,3-4,13H2,1-2H3. The minimum absolute atomic E-state index is 0.0708. The largest absolute Gasteiger partial charge is 0.379 e. The fraction of sp³-hybridized carbons (Fsp3) is 0.294. The minimum Gasteiger partial charge on any atom is -0.379 e. The minimum atomic E-state index is 0.0708. The molecule has 0 saturated heterocycles. The van der Waals surface area contributed by atoms with Gasteiger partial charge < -0.3 is 10.2 Å². The summed E-state index contributed by atoms with van der Waals surface area (Å²) in [5.74, 6) is 0.0708. The zero-order valence-electron chi connectivity index (χ0n) is 12.5. The molecule has 0 bridgehead atoms. The smallest absolute Gasteiger partial charge is 0.253 e. The molecule has 0 fully saturated rings. The average molecular weight is 283 g/mol. The van der Waals surface area contributed by atoms with Gasteiger partial charge in [0.1, 0.15) is 0 Å². The molecular weight excluding hydrogens is 262 g/mol. The van der Waals surface area contributed by atoms with E-state index in [9.17, 15) is 4.79 Å². The van der Waals surface area contributed by atoms with E-state index in [1.54, 1.807) is 6.20 Å². The lowest BCUT2D eigenvalue weighted by atomic mass is 10.1. The molecule has 4 nitrogen and oxygen atoms in total.